The number of rotatable bonds is 6. The van der Waals surface area contributed by atoms with Gasteiger partial charge >= 0.3 is 0 Å². The lowest BCUT2D eigenvalue weighted by Gasteiger charge is -2.38. The third-order valence-electron chi connectivity index (χ3n) is 5.51. The number of hydrogen-bond acceptors (Lipinski definition) is 4. The number of benzene rings is 1. The van der Waals surface area contributed by atoms with E-state index in [0.29, 0.717) is 16.1 Å². The van der Waals surface area contributed by atoms with Crippen LogP contribution < -0.4 is 0 Å². The molecule has 6 nitrogen and oxygen atoms in total. The highest BCUT2D eigenvalue weighted by Gasteiger charge is 2.39. The molecule has 2 aliphatic rings. The third kappa shape index (κ3) is 4.39. The molecular weight excluding hydrogens is 430 g/mol. The number of halogens is 1. The highest BCUT2D eigenvalue weighted by atomic mass is 79.9. The number of likely N-dealkylation sites (tertiary alicyclic amines) is 1. The first-order valence-electron chi connectivity index (χ1n) is 9.52. The average molecular weight is 458 g/mol. The maximum atomic E-state index is 13.3. The van der Waals surface area contributed by atoms with Crippen molar-refractivity contribution in [2.24, 2.45) is 0 Å². The van der Waals surface area contributed by atoms with E-state index >= 15 is 0 Å². The second kappa shape index (κ2) is 8.19. The first-order valence-corrected chi connectivity index (χ1v) is 11.8. The zero-order chi connectivity index (χ0) is 19.8. The van der Waals surface area contributed by atoms with E-state index < -0.39 is 10.0 Å². The molecule has 1 aromatic carbocycles. The molecule has 0 spiro atoms. The fraction of sp³-hybridized carbons (Fsp3) is 0.632. The van der Waals surface area contributed by atoms with E-state index in [9.17, 15) is 13.2 Å². The van der Waals surface area contributed by atoms with Gasteiger partial charge in [-0.1, -0.05) is 6.92 Å². The number of piperidine rings is 1. The van der Waals surface area contributed by atoms with Crippen molar-refractivity contribution in [3.8, 4) is 0 Å². The van der Waals surface area contributed by atoms with Crippen LogP contribution in [0.1, 0.15) is 43.0 Å². The largest absolute Gasteiger partial charge is 0.333 e. The Bertz CT molecular complexity index is 800. The second-order valence-corrected chi connectivity index (χ2v) is 10.5. The van der Waals surface area contributed by atoms with Crippen molar-refractivity contribution in [1.29, 1.82) is 0 Å². The Hall–Kier alpha value is -0.960. The summed E-state index contributed by atoms with van der Waals surface area (Å²) in [7, 11) is -0.632. The van der Waals surface area contributed by atoms with E-state index in [1.165, 1.54) is 24.5 Å². The molecule has 1 amide bonds. The molecule has 0 unspecified atom stereocenters. The number of sulfonamides is 1. The Morgan fingerprint density at radius 2 is 1.74 bits per heavy atom. The standard InChI is InChI=1S/C19H28BrN3O3S/c1-4-22-11-9-16(10-12-22)23(15-6-7-15)19(24)14-5-8-17(20)18(13-14)27(25,26)21(2)3/h5,8,13,15-16H,4,6-7,9-12H2,1-3H3. The smallest absolute Gasteiger partial charge is 0.254 e. The summed E-state index contributed by atoms with van der Waals surface area (Å²) in [5.41, 5.74) is 0.448. The van der Waals surface area contributed by atoms with Gasteiger partial charge in [-0.25, -0.2) is 12.7 Å². The molecule has 1 aromatic rings. The van der Waals surface area contributed by atoms with Crippen LogP contribution in [0, 0.1) is 0 Å². The van der Waals surface area contributed by atoms with Gasteiger partial charge in [0, 0.05) is 49.3 Å². The number of carbonyl (C=O) groups is 1. The molecule has 3 rings (SSSR count). The molecule has 1 saturated carbocycles. The minimum Gasteiger partial charge on any atom is -0.333 e. The van der Waals surface area contributed by atoms with Crippen molar-refractivity contribution in [2.75, 3.05) is 33.7 Å². The molecular formula is C19H28BrN3O3S. The molecule has 0 aromatic heterocycles. The van der Waals surface area contributed by atoms with Crippen molar-refractivity contribution in [3.05, 3.63) is 28.2 Å². The van der Waals surface area contributed by atoms with Gasteiger partial charge in [-0.3, -0.25) is 4.79 Å². The van der Waals surface area contributed by atoms with E-state index in [1.807, 2.05) is 4.90 Å². The van der Waals surface area contributed by atoms with Gasteiger partial charge in [-0.05, 0) is 66.4 Å². The van der Waals surface area contributed by atoms with Gasteiger partial charge in [0.05, 0.1) is 4.90 Å². The molecule has 0 radical (unpaired) electrons. The van der Waals surface area contributed by atoms with Gasteiger partial charge in [0.25, 0.3) is 5.91 Å². The van der Waals surface area contributed by atoms with Crippen molar-refractivity contribution >= 4 is 31.9 Å². The molecule has 0 bridgehead atoms. The topological polar surface area (TPSA) is 60.9 Å². The monoisotopic (exact) mass is 457 g/mol. The van der Waals surface area contributed by atoms with Crippen molar-refractivity contribution < 1.29 is 13.2 Å². The lowest BCUT2D eigenvalue weighted by molar-refractivity contribution is 0.0554. The summed E-state index contributed by atoms with van der Waals surface area (Å²) in [4.78, 5) is 17.9. The van der Waals surface area contributed by atoms with Crippen LogP contribution in [0.5, 0.6) is 0 Å². The number of nitrogens with zero attached hydrogens (tertiary/aromatic N) is 3. The van der Waals surface area contributed by atoms with Crippen LogP contribution in [0.2, 0.25) is 0 Å². The summed E-state index contributed by atoms with van der Waals surface area (Å²) in [6.07, 6.45) is 4.04. The van der Waals surface area contributed by atoms with Crippen molar-refractivity contribution in [3.63, 3.8) is 0 Å². The fourth-order valence-electron chi connectivity index (χ4n) is 3.68. The lowest BCUT2D eigenvalue weighted by Crippen LogP contribution is -2.48. The van der Waals surface area contributed by atoms with E-state index in [2.05, 4.69) is 27.8 Å². The normalized spacial score (nSPS) is 19.4. The predicted molar refractivity (Wildman–Crippen MR) is 109 cm³/mol. The number of amides is 1. The molecule has 1 saturated heterocycles. The van der Waals surface area contributed by atoms with Crippen molar-refractivity contribution in [2.45, 2.75) is 49.6 Å². The van der Waals surface area contributed by atoms with Crippen molar-refractivity contribution in [1.82, 2.24) is 14.1 Å². The second-order valence-electron chi connectivity index (χ2n) is 7.54. The van der Waals surface area contributed by atoms with Gasteiger partial charge in [0.2, 0.25) is 10.0 Å². The summed E-state index contributed by atoms with van der Waals surface area (Å²) < 4.78 is 26.8. The van der Waals surface area contributed by atoms with E-state index in [1.54, 1.807) is 12.1 Å². The van der Waals surface area contributed by atoms with E-state index in [-0.39, 0.29) is 16.8 Å². The van der Waals surface area contributed by atoms with Crippen LogP contribution in [0.3, 0.4) is 0 Å². The number of hydrogen-bond donors (Lipinski definition) is 0. The SMILES string of the molecule is CCN1CCC(N(C(=O)c2ccc(Br)c(S(=O)(=O)N(C)C)c2)C2CC2)CC1. The Balaban J connectivity index is 1.87. The molecule has 1 heterocycles. The summed E-state index contributed by atoms with van der Waals surface area (Å²) in [5.74, 6) is -0.0462. The average Bonchev–Trinajstić information content (AvgIpc) is 3.47. The Kier molecular flexibility index (Phi) is 6.30. The number of carbonyl (C=O) groups excluding carboxylic acids is 1. The molecule has 2 fully saturated rings. The van der Waals surface area contributed by atoms with Gasteiger partial charge < -0.3 is 9.80 Å². The van der Waals surface area contributed by atoms with E-state index in [4.69, 9.17) is 0 Å². The van der Waals surface area contributed by atoms with Crippen LogP contribution in [0.4, 0.5) is 0 Å². The van der Waals surface area contributed by atoms with Crippen LogP contribution in [0.25, 0.3) is 0 Å². The zero-order valence-corrected chi connectivity index (χ0v) is 18.6. The molecule has 1 aliphatic heterocycles. The minimum atomic E-state index is -3.62. The van der Waals surface area contributed by atoms with Gasteiger partial charge in [0.1, 0.15) is 0 Å². The summed E-state index contributed by atoms with van der Waals surface area (Å²) >= 11 is 3.32. The molecule has 1 aliphatic carbocycles. The molecule has 0 atom stereocenters. The zero-order valence-electron chi connectivity index (χ0n) is 16.2. The summed E-state index contributed by atoms with van der Waals surface area (Å²) in [6, 6.07) is 5.43. The minimum absolute atomic E-state index is 0.0462. The third-order valence-corrected chi connectivity index (χ3v) is 8.32. The molecule has 0 N–H and O–H groups in total. The lowest BCUT2D eigenvalue weighted by atomic mass is 10.0. The van der Waals surface area contributed by atoms with Gasteiger partial charge in [-0.2, -0.15) is 0 Å². The van der Waals surface area contributed by atoms with E-state index in [0.717, 1.165) is 45.3 Å². The maximum Gasteiger partial charge on any atom is 0.254 e. The highest BCUT2D eigenvalue weighted by Crippen LogP contribution is 2.34. The quantitative estimate of drug-likeness (QED) is 0.658. The molecule has 27 heavy (non-hydrogen) atoms. The Morgan fingerprint density at radius 3 is 2.26 bits per heavy atom. The fourth-order valence-corrected chi connectivity index (χ4v) is 5.52. The summed E-state index contributed by atoms with van der Waals surface area (Å²) in [6.45, 7) is 5.23. The molecule has 150 valence electrons. The predicted octanol–water partition coefficient (Wildman–Crippen LogP) is 2.79. The van der Waals surface area contributed by atoms with Crippen LogP contribution >= 0.6 is 15.9 Å². The Morgan fingerprint density at radius 1 is 1.15 bits per heavy atom. The first kappa shape index (κ1) is 20.8. The van der Waals surface area contributed by atoms with Crippen LogP contribution in [-0.2, 0) is 10.0 Å². The van der Waals surface area contributed by atoms with Crippen LogP contribution in [-0.4, -0.2) is 74.2 Å². The maximum absolute atomic E-state index is 13.3. The summed E-state index contributed by atoms with van der Waals surface area (Å²) in [5, 5.41) is 0. The Labute approximate surface area is 170 Å². The van der Waals surface area contributed by atoms with Crippen LogP contribution in [0.15, 0.2) is 27.6 Å². The first-order chi connectivity index (χ1) is 12.8. The van der Waals surface area contributed by atoms with Gasteiger partial charge in [0.15, 0.2) is 0 Å². The molecule has 8 heteroatoms. The van der Waals surface area contributed by atoms with Gasteiger partial charge in [-0.15, -0.1) is 0 Å². The highest BCUT2D eigenvalue weighted by molar-refractivity contribution is 9.10.